The van der Waals surface area contributed by atoms with Crippen LogP contribution in [-0.2, 0) is 52.2 Å². The fraction of sp³-hybridized carbons (Fsp3) is 0.771. The van der Waals surface area contributed by atoms with Gasteiger partial charge in [0.25, 0.3) is 0 Å². The van der Waals surface area contributed by atoms with Crippen LogP contribution in [-0.4, -0.2) is 155 Å². The summed E-state index contributed by atoms with van der Waals surface area (Å²) in [6, 6.07) is 0. The molecule has 7 rings (SSSR count). The molecule has 7 aliphatic rings. The minimum atomic E-state index is -2.36. The van der Waals surface area contributed by atoms with E-state index in [1.165, 1.54) is 13.0 Å². The zero-order valence-electron chi connectivity index (χ0n) is 38.9. The Morgan fingerprint density at radius 2 is 1.56 bits per heavy atom. The molecule has 16 nitrogen and oxygen atoms in total. The number of hydrogen-bond donors (Lipinski definition) is 5. The van der Waals surface area contributed by atoms with Crippen molar-refractivity contribution < 1.29 is 77.7 Å². The van der Waals surface area contributed by atoms with E-state index in [1.807, 2.05) is 32.9 Å². The maximum Gasteiger partial charge on any atom is 0.337 e. The van der Waals surface area contributed by atoms with Crippen LogP contribution in [0.2, 0.25) is 0 Å². The molecule has 6 aliphatic heterocycles. The first-order chi connectivity index (χ1) is 30.2. The minimum Gasteiger partial charge on any atom is -0.459 e. The van der Waals surface area contributed by atoms with Crippen molar-refractivity contribution in [2.45, 2.75) is 203 Å². The van der Waals surface area contributed by atoms with Crippen molar-refractivity contribution in [1.82, 2.24) is 0 Å². The number of hydrogen-bond acceptors (Lipinski definition) is 16. The molecule has 0 amide bonds. The molecule has 0 aromatic carbocycles. The lowest BCUT2D eigenvalue weighted by Gasteiger charge is -2.48. The van der Waals surface area contributed by atoms with E-state index >= 15 is 0 Å². The summed E-state index contributed by atoms with van der Waals surface area (Å²) in [5.41, 5.74) is -3.97. The van der Waals surface area contributed by atoms with Crippen LogP contribution in [0, 0.1) is 17.8 Å². The zero-order valence-corrected chi connectivity index (χ0v) is 38.9. The molecule has 1 aliphatic carbocycles. The van der Waals surface area contributed by atoms with Crippen LogP contribution in [0.4, 0.5) is 0 Å². The Kier molecular flexibility index (Phi) is 15.2. The summed E-state index contributed by atoms with van der Waals surface area (Å²) in [5, 5.41) is 56.8. The van der Waals surface area contributed by atoms with Crippen LogP contribution >= 0.6 is 0 Å². The topological polar surface area (TPSA) is 211 Å². The van der Waals surface area contributed by atoms with Gasteiger partial charge in [-0.15, -0.1) is 0 Å². The number of esters is 1. The van der Waals surface area contributed by atoms with E-state index in [2.05, 4.69) is 32.9 Å². The number of fused-ring (bicyclic) bond motifs is 2. The Bertz CT molecular complexity index is 1810. The molecule has 0 aromatic rings. The van der Waals surface area contributed by atoms with Gasteiger partial charge in [0.1, 0.15) is 36.1 Å². The molecular formula is C48H72O16. The first kappa shape index (κ1) is 49.5. The lowest BCUT2D eigenvalue weighted by atomic mass is 9.70. The summed E-state index contributed by atoms with van der Waals surface area (Å²) in [6.45, 7) is 15.3. The van der Waals surface area contributed by atoms with Crippen molar-refractivity contribution in [2.24, 2.45) is 17.8 Å². The van der Waals surface area contributed by atoms with Crippen molar-refractivity contribution >= 4 is 5.97 Å². The predicted molar refractivity (Wildman–Crippen MR) is 230 cm³/mol. The van der Waals surface area contributed by atoms with Gasteiger partial charge in [-0.1, -0.05) is 64.5 Å². The van der Waals surface area contributed by atoms with Crippen LogP contribution in [0.1, 0.15) is 93.9 Å². The summed E-state index contributed by atoms with van der Waals surface area (Å²) in [5.74, 6) is -2.16. The molecule has 16 heteroatoms. The quantitative estimate of drug-likeness (QED) is 0.173. The zero-order chi connectivity index (χ0) is 46.5. The highest BCUT2D eigenvalue weighted by molar-refractivity contribution is 5.93. The van der Waals surface area contributed by atoms with Gasteiger partial charge in [0, 0.05) is 57.3 Å². The standard InChI is InChI=1S/C48H72O16/c1-11-24(2)40-27(5)17-18-47(64-40)22-31-19-30(63-47)16-15-26(4)39(60-37-21-35(56-10)41(29(7)58-37)61-36-20-34(55-9)38(49)28(6)57-36)25(3)13-12-14-32-44(51)62-43-42(50)46(8,53)23-33(45(52)59-31)48(32,43)54/h12-15,17-18,23-25,27-31,34-44,49-51,53-54H,11,16,19-22H2,1-10H3/b13-12+,26-15+,32-14+/t24-,25-,27-,28-,29-,30+,31-,34-,35-,36?,37?,38-,39-,40+,41-,42?,43?,44?,46?,47+,48+/m0/s1. The molecule has 360 valence electrons. The Morgan fingerprint density at radius 3 is 2.27 bits per heavy atom. The number of methoxy groups -OCH3 is 2. The molecule has 6 heterocycles. The number of rotatable bonds is 8. The van der Waals surface area contributed by atoms with E-state index in [9.17, 15) is 30.3 Å². The van der Waals surface area contributed by atoms with Gasteiger partial charge in [-0.2, -0.15) is 0 Å². The van der Waals surface area contributed by atoms with Gasteiger partial charge in [-0.05, 0) is 57.8 Å². The molecular weight excluding hydrogens is 833 g/mol. The SMILES string of the molecule is CC[C@H](C)[C@H]1O[C@]2(C=C[C@@H]1C)C[C@@H]1C[C@@H](C/C=C(\C)[C@@H](OC3C[C@H](OC)[C@@H](OC4C[C@H](OC)[C@@H](O)[C@H](C)O4)[C@H](C)O3)[C@@H](C)/C=C/C=C3\C(O)OC4C(O)C(C)(O)C=C(C(=O)O1)[C@]34O)O2. The number of carbonyl (C=O) groups excluding carboxylic acids is 1. The average Bonchev–Trinajstić information content (AvgIpc) is 3.51. The van der Waals surface area contributed by atoms with Gasteiger partial charge in [0.15, 0.2) is 30.3 Å². The normalized spacial score (nSPS) is 50.3. The van der Waals surface area contributed by atoms with Gasteiger partial charge < -0.3 is 72.9 Å². The molecule has 4 saturated heterocycles. The van der Waals surface area contributed by atoms with Crippen molar-refractivity contribution in [2.75, 3.05) is 14.2 Å². The monoisotopic (exact) mass is 904 g/mol. The number of carbonyl (C=O) groups is 1. The van der Waals surface area contributed by atoms with E-state index in [4.69, 9.17) is 47.4 Å². The van der Waals surface area contributed by atoms with E-state index < -0.39 is 109 Å². The van der Waals surface area contributed by atoms with Gasteiger partial charge in [0.05, 0.1) is 48.3 Å². The van der Waals surface area contributed by atoms with Crippen LogP contribution in [0.5, 0.6) is 0 Å². The predicted octanol–water partition coefficient (Wildman–Crippen LogP) is 3.81. The Hall–Kier alpha value is -2.39. The summed E-state index contributed by atoms with van der Waals surface area (Å²) in [4.78, 5) is 14.4. The highest BCUT2D eigenvalue weighted by Gasteiger charge is 2.64. The van der Waals surface area contributed by atoms with Crippen LogP contribution in [0.15, 0.2) is 59.3 Å². The Morgan fingerprint density at radius 1 is 0.875 bits per heavy atom. The maximum atomic E-state index is 14.4. The fourth-order valence-electron chi connectivity index (χ4n) is 10.5. The molecule has 4 fully saturated rings. The molecule has 0 saturated carbocycles. The summed E-state index contributed by atoms with van der Waals surface area (Å²) >= 11 is 0. The van der Waals surface area contributed by atoms with E-state index in [0.717, 1.165) is 18.1 Å². The summed E-state index contributed by atoms with van der Waals surface area (Å²) < 4.78 is 63.0. The largest absolute Gasteiger partial charge is 0.459 e. The smallest absolute Gasteiger partial charge is 0.337 e. The molecule has 5 N–H and O–H groups in total. The van der Waals surface area contributed by atoms with Crippen LogP contribution < -0.4 is 0 Å². The second-order valence-electron chi connectivity index (χ2n) is 19.4. The molecule has 64 heavy (non-hydrogen) atoms. The fourth-order valence-corrected chi connectivity index (χ4v) is 10.5. The third kappa shape index (κ3) is 9.79. The lowest BCUT2D eigenvalue weighted by Crippen LogP contribution is -2.61. The Balaban J connectivity index is 1.21. The second-order valence-corrected chi connectivity index (χ2v) is 19.4. The van der Waals surface area contributed by atoms with Crippen LogP contribution in [0.25, 0.3) is 0 Å². The Labute approximate surface area is 377 Å². The third-order valence-corrected chi connectivity index (χ3v) is 14.5. The highest BCUT2D eigenvalue weighted by atomic mass is 16.7. The van der Waals surface area contributed by atoms with Crippen molar-refractivity contribution in [3.8, 4) is 0 Å². The first-order valence-electron chi connectivity index (χ1n) is 23.1. The molecule has 1 spiro atoms. The van der Waals surface area contributed by atoms with Crippen LogP contribution in [0.3, 0.4) is 0 Å². The molecule has 21 atom stereocenters. The number of aliphatic hydroxyl groups is 5. The molecule has 0 radical (unpaired) electrons. The molecule has 6 unspecified atom stereocenters. The number of aliphatic hydroxyl groups excluding tert-OH is 3. The summed E-state index contributed by atoms with van der Waals surface area (Å²) in [6.07, 6.45) is 2.95. The molecule has 2 bridgehead atoms. The first-order valence-corrected chi connectivity index (χ1v) is 23.1. The minimum absolute atomic E-state index is 0.109. The number of ether oxygens (including phenoxy) is 10. The molecule has 0 aromatic heterocycles. The van der Waals surface area contributed by atoms with Gasteiger partial charge >= 0.3 is 5.97 Å². The van der Waals surface area contributed by atoms with E-state index in [-0.39, 0.29) is 47.8 Å². The van der Waals surface area contributed by atoms with Gasteiger partial charge in [-0.25, -0.2) is 4.79 Å². The van der Waals surface area contributed by atoms with E-state index in [1.54, 1.807) is 27.2 Å². The van der Waals surface area contributed by atoms with Crippen molar-refractivity contribution in [3.63, 3.8) is 0 Å². The van der Waals surface area contributed by atoms with Gasteiger partial charge in [-0.3, -0.25) is 0 Å². The summed E-state index contributed by atoms with van der Waals surface area (Å²) in [7, 11) is 3.17. The average molecular weight is 905 g/mol. The third-order valence-electron chi connectivity index (χ3n) is 14.5. The maximum absolute atomic E-state index is 14.4. The van der Waals surface area contributed by atoms with Crippen molar-refractivity contribution in [1.29, 1.82) is 0 Å². The number of allylic oxidation sites excluding steroid dienone is 2. The van der Waals surface area contributed by atoms with Crippen molar-refractivity contribution in [3.05, 3.63) is 59.3 Å². The van der Waals surface area contributed by atoms with Gasteiger partial charge in [0.2, 0.25) is 0 Å². The lowest BCUT2D eigenvalue weighted by molar-refractivity contribution is -0.318. The second kappa shape index (κ2) is 19.7. The van der Waals surface area contributed by atoms with E-state index in [0.29, 0.717) is 19.3 Å². The highest BCUT2D eigenvalue weighted by Crippen LogP contribution is 2.49.